The Morgan fingerprint density at radius 2 is 1.76 bits per heavy atom. The van der Waals surface area contributed by atoms with Crippen molar-refractivity contribution < 1.29 is 19.1 Å². The summed E-state index contributed by atoms with van der Waals surface area (Å²) in [5, 5.41) is 0. The molecule has 1 aliphatic heterocycles. The molecule has 0 amide bonds. The molecule has 1 heterocycles. The second kappa shape index (κ2) is 6.60. The largest absolute Gasteiger partial charge is 0.462 e. The third kappa shape index (κ3) is 4.84. The van der Waals surface area contributed by atoms with Crippen LogP contribution in [0, 0.1) is 0 Å². The van der Waals surface area contributed by atoms with Crippen LogP contribution in [0.4, 0.5) is 0 Å². The van der Waals surface area contributed by atoms with Crippen LogP contribution in [0.25, 0.3) is 0 Å². The molecule has 21 heavy (non-hydrogen) atoms. The molecule has 0 saturated carbocycles. The van der Waals surface area contributed by atoms with E-state index in [1.54, 1.807) is 0 Å². The molecule has 0 aromatic carbocycles. The van der Waals surface area contributed by atoms with E-state index in [9.17, 15) is 9.59 Å². The second-order valence-corrected chi connectivity index (χ2v) is 6.83. The smallest absolute Gasteiger partial charge is 0.330 e. The lowest BCUT2D eigenvalue weighted by molar-refractivity contribution is -0.160. The lowest BCUT2D eigenvalue weighted by Crippen LogP contribution is -2.60. The van der Waals surface area contributed by atoms with Gasteiger partial charge in [-0.3, -0.25) is 9.69 Å². The molecule has 1 aliphatic rings. The molecule has 5 heteroatoms. The Balaban J connectivity index is 2.49. The molecule has 0 aliphatic carbocycles. The number of nitrogens with zero attached hydrogens (tertiary/aromatic N) is 1. The average molecular weight is 297 g/mol. The van der Waals surface area contributed by atoms with E-state index in [-0.39, 0.29) is 36.2 Å². The lowest BCUT2D eigenvalue weighted by atomic mass is 9.79. The summed E-state index contributed by atoms with van der Waals surface area (Å²) in [4.78, 5) is 25.1. The third-order valence-corrected chi connectivity index (χ3v) is 4.29. The summed E-state index contributed by atoms with van der Waals surface area (Å²) in [6, 6.07) is 0. The van der Waals surface area contributed by atoms with Crippen LogP contribution in [0.3, 0.4) is 0 Å². The van der Waals surface area contributed by atoms with E-state index in [0.29, 0.717) is 0 Å². The molecule has 0 radical (unpaired) electrons. The molecule has 1 saturated heterocycles. The number of rotatable bonds is 5. The Morgan fingerprint density at radius 1 is 1.24 bits per heavy atom. The minimum Gasteiger partial charge on any atom is -0.462 e. The zero-order valence-electron chi connectivity index (χ0n) is 13.8. The Morgan fingerprint density at radius 3 is 2.24 bits per heavy atom. The van der Waals surface area contributed by atoms with E-state index < -0.39 is 5.97 Å². The first kappa shape index (κ1) is 17.7. The number of carbonyl (C=O) groups excluding carboxylic acids is 2. The molecule has 0 aromatic heterocycles. The highest BCUT2D eigenvalue weighted by Crippen LogP contribution is 2.38. The SMILES string of the molecule is C=CC(=O)OCCC(=O)OC1CC(C)(C)N(C)C(C)(C)C1. The fourth-order valence-corrected chi connectivity index (χ4v) is 2.90. The van der Waals surface area contributed by atoms with Crippen LogP contribution < -0.4 is 0 Å². The Bertz CT molecular complexity index is 397. The summed E-state index contributed by atoms with van der Waals surface area (Å²) >= 11 is 0. The quantitative estimate of drug-likeness (QED) is 0.576. The molecular weight excluding hydrogens is 270 g/mol. The van der Waals surface area contributed by atoms with E-state index in [4.69, 9.17) is 9.47 Å². The molecule has 0 atom stereocenters. The Hall–Kier alpha value is -1.36. The van der Waals surface area contributed by atoms with Gasteiger partial charge in [0.25, 0.3) is 0 Å². The van der Waals surface area contributed by atoms with E-state index in [1.165, 1.54) is 0 Å². The monoisotopic (exact) mass is 297 g/mol. The van der Waals surface area contributed by atoms with Crippen molar-refractivity contribution in [2.45, 2.75) is 64.1 Å². The first-order valence-corrected chi connectivity index (χ1v) is 7.31. The van der Waals surface area contributed by atoms with Gasteiger partial charge in [0, 0.05) is 30.0 Å². The van der Waals surface area contributed by atoms with E-state index in [0.717, 1.165) is 18.9 Å². The van der Waals surface area contributed by atoms with Gasteiger partial charge in [-0.25, -0.2) is 4.79 Å². The second-order valence-electron chi connectivity index (χ2n) is 6.83. The maximum Gasteiger partial charge on any atom is 0.330 e. The summed E-state index contributed by atoms with van der Waals surface area (Å²) < 4.78 is 10.3. The van der Waals surface area contributed by atoms with Crippen LogP contribution in [0.2, 0.25) is 0 Å². The predicted octanol–water partition coefficient (Wildman–Crippen LogP) is 2.30. The molecule has 1 rings (SSSR count). The standard InChI is InChI=1S/C16H27NO4/c1-7-13(18)20-9-8-14(19)21-12-10-15(2,3)17(6)16(4,5)11-12/h7,12H,1,8-11H2,2-6H3. The van der Waals surface area contributed by atoms with Gasteiger partial charge in [0.1, 0.15) is 12.7 Å². The van der Waals surface area contributed by atoms with Crippen LogP contribution >= 0.6 is 0 Å². The third-order valence-electron chi connectivity index (χ3n) is 4.29. The molecule has 0 unspecified atom stereocenters. The van der Waals surface area contributed by atoms with Gasteiger partial charge in [0.2, 0.25) is 0 Å². The highest BCUT2D eigenvalue weighted by Gasteiger charge is 2.44. The summed E-state index contributed by atoms with van der Waals surface area (Å²) in [6.07, 6.45) is 2.64. The molecule has 0 N–H and O–H groups in total. The number of hydrogen-bond donors (Lipinski definition) is 0. The van der Waals surface area contributed by atoms with Crippen molar-refractivity contribution in [3.05, 3.63) is 12.7 Å². The molecule has 5 nitrogen and oxygen atoms in total. The Labute approximate surface area is 127 Å². The minimum absolute atomic E-state index is 0.0258. The van der Waals surface area contributed by atoms with Crippen molar-refractivity contribution in [1.29, 1.82) is 0 Å². The summed E-state index contributed by atoms with van der Waals surface area (Å²) in [7, 11) is 2.10. The number of carbonyl (C=O) groups is 2. The van der Waals surface area contributed by atoms with Gasteiger partial charge in [-0.15, -0.1) is 0 Å². The van der Waals surface area contributed by atoms with Gasteiger partial charge in [0.05, 0.1) is 6.42 Å². The Kier molecular flexibility index (Phi) is 5.56. The molecule has 1 fully saturated rings. The van der Waals surface area contributed by atoms with Crippen LogP contribution in [0.15, 0.2) is 12.7 Å². The van der Waals surface area contributed by atoms with Crippen LogP contribution in [-0.2, 0) is 19.1 Å². The summed E-state index contributed by atoms with van der Waals surface area (Å²) in [5.41, 5.74) is -0.0516. The van der Waals surface area contributed by atoms with Gasteiger partial charge in [-0.05, 0) is 34.7 Å². The van der Waals surface area contributed by atoms with Crippen LogP contribution in [0.5, 0.6) is 0 Å². The van der Waals surface area contributed by atoms with Crippen molar-refractivity contribution >= 4 is 11.9 Å². The molecule has 0 spiro atoms. The maximum absolute atomic E-state index is 11.8. The van der Waals surface area contributed by atoms with Gasteiger partial charge in [-0.1, -0.05) is 6.58 Å². The number of esters is 2. The van der Waals surface area contributed by atoms with Crippen molar-refractivity contribution in [2.24, 2.45) is 0 Å². The van der Waals surface area contributed by atoms with Crippen LogP contribution in [0.1, 0.15) is 47.0 Å². The van der Waals surface area contributed by atoms with Gasteiger partial charge >= 0.3 is 11.9 Å². The lowest BCUT2D eigenvalue weighted by Gasteiger charge is -2.53. The fourth-order valence-electron chi connectivity index (χ4n) is 2.90. The highest BCUT2D eigenvalue weighted by atomic mass is 16.6. The topological polar surface area (TPSA) is 55.8 Å². The number of piperidine rings is 1. The minimum atomic E-state index is -0.524. The zero-order chi connectivity index (χ0) is 16.3. The first-order chi connectivity index (χ1) is 9.58. The summed E-state index contributed by atoms with van der Waals surface area (Å²) in [5.74, 6) is -0.850. The maximum atomic E-state index is 11.8. The van der Waals surface area contributed by atoms with E-state index in [2.05, 4.69) is 46.2 Å². The zero-order valence-corrected chi connectivity index (χ0v) is 13.8. The first-order valence-electron chi connectivity index (χ1n) is 7.31. The van der Waals surface area contributed by atoms with Crippen molar-refractivity contribution in [2.75, 3.05) is 13.7 Å². The fraction of sp³-hybridized carbons (Fsp3) is 0.750. The molecule has 0 bridgehead atoms. The number of likely N-dealkylation sites (tertiary alicyclic amines) is 1. The van der Waals surface area contributed by atoms with Crippen LogP contribution in [-0.4, -0.2) is 47.7 Å². The van der Waals surface area contributed by atoms with Gasteiger partial charge < -0.3 is 9.47 Å². The van der Waals surface area contributed by atoms with Gasteiger partial charge in [0.15, 0.2) is 0 Å². The average Bonchev–Trinajstić information content (AvgIpc) is 2.34. The number of ether oxygens (including phenoxy) is 2. The van der Waals surface area contributed by atoms with E-state index in [1.807, 2.05) is 0 Å². The van der Waals surface area contributed by atoms with Crippen molar-refractivity contribution in [3.63, 3.8) is 0 Å². The van der Waals surface area contributed by atoms with Crippen molar-refractivity contribution in [1.82, 2.24) is 4.90 Å². The molecule has 120 valence electrons. The highest BCUT2D eigenvalue weighted by molar-refractivity contribution is 5.81. The molecule has 0 aromatic rings. The van der Waals surface area contributed by atoms with E-state index >= 15 is 0 Å². The van der Waals surface area contributed by atoms with Crippen molar-refractivity contribution in [3.8, 4) is 0 Å². The van der Waals surface area contributed by atoms with Gasteiger partial charge in [-0.2, -0.15) is 0 Å². The predicted molar refractivity (Wildman–Crippen MR) is 80.8 cm³/mol. The summed E-state index contributed by atoms with van der Waals surface area (Å²) in [6.45, 7) is 11.9. The normalized spacial score (nSPS) is 21.6. The number of hydrogen-bond acceptors (Lipinski definition) is 5. The molecular formula is C16H27NO4.